The van der Waals surface area contributed by atoms with E-state index in [9.17, 15) is 0 Å². The molecule has 0 saturated carbocycles. The Balaban J connectivity index is 0.788. The van der Waals surface area contributed by atoms with E-state index in [0.717, 1.165) is 29.9 Å². The van der Waals surface area contributed by atoms with Crippen LogP contribution < -0.4 is 4.90 Å². The van der Waals surface area contributed by atoms with Gasteiger partial charge in [-0.1, -0.05) is 243 Å². The number of rotatable bonds is 6. The van der Waals surface area contributed by atoms with Gasteiger partial charge in [0.15, 0.2) is 0 Å². The Labute approximate surface area is 479 Å². The first-order valence-electron chi connectivity index (χ1n) is 29.1. The van der Waals surface area contributed by atoms with E-state index in [0.29, 0.717) is 0 Å². The first-order chi connectivity index (χ1) is 40.7. The highest BCUT2D eigenvalue weighted by atomic mass is 15.1. The largest absolute Gasteiger partial charge is 0.311 e. The van der Waals surface area contributed by atoms with Crippen molar-refractivity contribution in [2.45, 2.75) is 29.1 Å². The zero-order valence-electron chi connectivity index (χ0n) is 45.2. The number of hydrogen-bond acceptors (Lipinski definition) is 1. The molecule has 0 N–H and O–H groups in total. The molecule has 0 saturated heterocycles. The predicted molar refractivity (Wildman–Crippen MR) is 340 cm³/mol. The molecule has 1 unspecified atom stereocenters. The van der Waals surface area contributed by atoms with Crippen molar-refractivity contribution in [2.75, 3.05) is 4.90 Å². The molecule has 11 aromatic carbocycles. The molecule has 1 nitrogen and oxygen atoms in total. The van der Waals surface area contributed by atoms with Gasteiger partial charge >= 0.3 is 0 Å². The normalized spacial score (nSPS) is 17.8. The zero-order chi connectivity index (χ0) is 53.7. The van der Waals surface area contributed by atoms with Crippen LogP contribution in [0.3, 0.4) is 0 Å². The Bertz CT molecular complexity index is 4430. The third kappa shape index (κ3) is 5.82. The fourth-order valence-corrected chi connectivity index (χ4v) is 16.5. The van der Waals surface area contributed by atoms with Crippen molar-refractivity contribution >= 4 is 57.6 Å². The minimum Gasteiger partial charge on any atom is -0.311 e. The van der Waals surface area contributed by atoms with E-state index in [2.05, 4.69) is 302 Å². The van der Waals surface area contributed by atoms with Crippen LogP contribution >= 0.6 is 0 Å². The van der Waals surface area contributed by atoms with Crippen molar-refractivity contribution in [1.82, 2.24) is 0 Å². The zero-order valence-corrected chi connectivity index (χ0v) is 45.2. The van der Waals surface area contributed by atoms with Crippen LogP contribution in [0.25, 0.3) is 62.8 Å². The van der Waals surface area contributed by atoms with E-state index in [1.54, 1.807) is 0 Å². The average Bonchev–Trinajstić information content (AvgIpc) is 1.74. The molecular formula is C81H53N. The first-order valence-corrected chi connectivity index (χ1v) is 29.1. The summed E-state index contributed by atoms with van der Waals surface area (Å²) in [5.74, 6) is 0. The van der Waals surface area contributed by atoms with Crippen molar-refractivity contribution in [3.8, 4) is 22.3 Å². The summed E-state index contributed by atoms with van der Waals surface area (Å²) in [6.45, 7) is 0. The van der Waals surface area contributed by atoms with Crippen LogP contribution in [0.1, 0.15) is 96.3 Å². The number of fused-ring (bicyclic) bond motifs is 21. The molecular weight excluding hydrogens is 987 g/mol. The lowest BCUT2D eigenvalue weighted by Crippen LogP contribution is -2.27. The summed E-state index contributed by atoms with van der Waals surface area (Å²) in [7, 11) is 0. The molecule has 382 valence electrons. The number of hydrogen-bond donors (Lipinski definition) is 0. The van der Waals surface area contributed by atoms with Gasteiger partial charge in [-0.25, -0.2) is 0 Å². The lowest BCUT2D eigenvalue weighted by Gasteiger charge is -2.34. The number of allylic oxidation sites excluding steroid dienone is 7. The molecule has 3 spiro atoms. The molecule has 0 amide bonds. The Morgan fingerprint density at radius 3 is 0.890 bits per heavy atom. The van der Waals surface area contributed by atoms with Crippen LogP contribution in [0.5, 0.6) is 0 Å². The fourth-order valence-electron chi connectivity index (χ4n) is 16.5. The number of nitrogens with zero attached hydrogens (tertiary/aromatic N) is 1. The van der Waals surface area contributed by atoms with Gasteiger partial charge in [0.1, 0.15) is 0 Å². The third-order valence-corrected chi connectivity index (χ3v) is 19.6. The van der Waals surface area contributed by atoms with Crippen LogP contribution in [-0.4, -0.2) is 0 Å². The minimum absolute atomic E-state index is 0.384. The summed E-state index contributed by atoms with van der Waals surface area (Å²) in [4.78, 5) is 2.46. The molecule has 0 heterocycles. The maximum absolute atomic E-state index is 2.54. The molecule has 0 aromatic heterocycles. The van der Waals surface area contributed by atoms with Gasteiger partial charge in [-0.15, -0.1) is 0 Å². The van der Waals surface area contributed by atoms with Crippen LogP contribution in [0, 0.1) is 0 Å². The summed E-state index contributed by atoms with van der Waals surface area (Å²) in [6, 6.07) is 101. The maximum Gasteiger partial charge on any atom is 0.0725 e. The molecule has 7 aliphatic rings. The first kappa shape index (κ1) is 45.7. The monoisotopic (exact) mass is 1040 g/mol. The highest BCUT2D eigenvalue weighted by Crippen LogP contribution is 2.66. The molecule has 0 bridgehead atoms. The standard InChI is InChI=1S/C81H53N/c1-10-28-67-55(19-1)49-76(79(67)70-31-13-4-22-61(70)62-23-5-14-32-71(62)79)52-37-43-58(44-38-52)82(59-45-39-53(40-46-59)77-50-56-20-2-11-29-68(56)80(77)72-33-15-6-24-63(72)64-25-7-16-34-73(64)80)60-47-41-54(42-48-60)78-51-57-21-3-12-30-69(57)81(78)74-35-17-8-26-65(74)66-27-9-18-36-75(66)81/h1-8,10-17,19-51H,9,18H2. The number of anilines is 3. The van der Waals surface area contributed by atoms with Crippen LogP contribution in [0.2, 0.25) is 0 Å². The second-order valence-corrected chi connectivity index (χ2v) is 23.2. The topological polar surface area (TPSA) is 3.24 Å². The summed E-state index contributed by atoms with van der Waals surface area (Å²) >= 11 is 0. The van der Waals surface area contributed by atoms with E-state index in [1.807, 2.05) is 0 Å². The lowest BCUT2D eigenvalue weighted by molar-refractivity contribution is 0.826. The van der Waals surface area contributed by atoms with Crippen LogP contribution in [0.4, 0.5) is 17.1 Å². The molecule has 7 aliphatic carbocycles. The second-order valence-electron chi connectivity index (χ2n) is 23.2. The summed E-state index contributed by atoms with van der Waals surface area (Å²) < 4.78 is 0. The molecule has 11 aromatic rings. The summed E-state index contributed by atoms with van der Waals surface area (Å²) in [5.41, 5.74) is 33.8. The van der Waals surface area contributed by atoms with E-state index >= 15 is 0 Å². The van der Waals surface area contributed by atoms with Crippen LogP contribution in [-0.2, 0) is 16.2 Å². The highest BCUT2D eigenvalue weighted by molar-refractivity contribution is 6.10. The van der Waals surface area contributed by atoms with Gasteiger partial charge < -0.3 is 4.90 Å². The average molecular weight is 1040 g/mol. The summed E-state index contributed by atoms with van der Waals surface area (Å²) in [6.07, 6.45) is 14.5. The Morgan fingerprint density at radius 2 is 0.512 bits per heavy atom. The molecule has 18 rings (SSSR count). The second kappa shape index (κ2) is 17.0. The van der Waals surface area contributed by atoms with Crippen molar-refractivity contribution in [1.29, 1.82) is 0 Å². The third-order valence-electron chi connectivity index (χ3n) is 19.6. The van der Waals surface area contributed by atoms with Gasteiger partial charge in [-0.05, 0) is 201 Å². The Hall–Kier alpha value is -10.1. The van der Waals surface area contributed by atoms with Crippen LogP contribution in [0.15, 0.2) is 285 Å². The van der Waals surface area contributed by atoms with Gasteiger partial charge in [-0.3, -0.25) is 0 Å². The van der Waals surface area contributed by atoms with Crippen molar-refractivity contribution in [3.05, 3.63) is 368 Å². The number of benzene rings is 11. The maximum atomic E-state index is 2.54. The fraction of sp³-hybridized carbons (Fsp3) is 0.0617. The van der Waals surface area contributed by atoms with Gasteiger partial charge in [0.25, 0.3) is 0 Å². The van der Waals surface area contributed by atoms with Crippen molar-refractivity contribution in [2.24, 2.45) is 0 Å². The molecule has 82 heavy (non-hydrogen) atoms. The molecule has 0 radical (unpaired) electrons. The smallest absolute Gasteiger partial charge is 0.0725 e. The molecule has 0 aliphatic heterocycles. The Morgan fingerprint density at radius 1 is 0.232 bits per heavy atom. The molecule has 1 atom stereocenters. The van der Waals surface area contributed by atoms with Gasteiger partial charge in [0.2, 0.25) is 0 Å². The van der Waals surface area contributed by atoms with E-state index in [1.165, 1.54) is 134 Å². The van der Waals surface area contributed by atoms with E-state index in [4.69, 9.17) is 0 Å². The predicted octanol–water partition coefficient (Wildman–Crippen LogP) is 19.9. The van der Waals surface area contributed by atoms with E-state index in [-0.39, 0.29) is 5.41 Å². The lowest BCUT2D eigenvalue weighted by atomic mass is 9.67. The van der Waals surface area contributed by atoms with E-state index < -0.39 is 10.8 Å². The highest BCUT2D eigenvalue weighted by Gasteiger charge is 2.55. The molecule has 1 heteroatoms. The van der Waals surface area contributed by atoms with Crippen molar-refractivity contribution < 1.29 is 0 Å². The van der Waals surface area contributed by atoms with Crippen molar-refractivity contribution in [3.63, 3.8) is 0 Å². The minimum atomic E-state index is -0.432. The van der Waals surface area contributed by atoms with Gasteiger partial charge in [-0.2, -0.15) is 0 Å². The SMILES string of the molecule is C1=C2C(=CCC1)C1(C(c3ccc(N(c4ccc(C5=Cc6ccccc6C56c5ccccc5-c5ccccc56)cc4)c4ccc(C5=Cc6ccccc6C56c5ccccc5-c5ccccc56)cc4)cc3)=Cc3ccccc31)c1ccccc12. The Kier molecular flexibility index (Phi) is 9.47. The van der Waals surface area contributed by atoms with Gasteiger partial charge in [0, 0.05) is 17.1 Å². The quantitative estimate of drug-likeness (QED) is 0.160. The molecule has 0 fully saturated rings. The van der Waals surface area contributed by atoms with Gasteiger partial charge in [0.05, 0.1) is 16.2 Å². The summed E-state index contributed by atoms with van der Waals surface area (Å²) in [5, 5.41) is 0.